The van der Waals surface area contributed by atoms with E-state index in [1.165, 1.54) is 6.07 Å². The van der Waals surface area contributed by atoms with Crippen LogP contribution in [-0.4, -0.2) is 36.0 Å². The third-order valence-corrected chi connectivity index (χ3v) is 3.65. The fourth-order valence-corrected chi connectivity index (χ4v) is 2.29. The maximum absolute atomic E-state index is 10.8. The van der Waals surface area contributed by atoms with Crippen LogP contribution < -0.4 is 5.32 Å². The van der Waals surface area contributed by atoms with E-state index < -0.39 is 4.92 Å². The summed E-state index contributed by atoms with van der Waals surface area (Å²) in [6, 6.07) is 3.14. The molecule has 0 unspecified atom stereocenters. The van der Waals surface area contributed by atoms with Gasteiger partial charge in [-0.3, -0.25) is 10.1 Å². The van der Waals surface area contributed by atoms with E-state index in [9.17, 15) is 10.1 Å². The monoisotopic (exact) mass is 299 g/mol. The van der Waals surface area contributed by atoms with E-state index in [2.05, 4.69) is 24.1 Å². The van der Waals surface area contributed by atoms with Crippen molar-refractivity contribution in [2.75, 3.05) is 31.5 Å². The zero-order chi connectivity index (χ0) is 15.1. The van der Waals surface area contributed by atoms with Crippen LogP contribution in [0.1, 0.15) is 25.8 Å². The Morgan fingerprint density at radius 1 is 1.35 bits per heavy atom. The standard InChI is InChI=1S/C14H22ClN3O2/c1-4-17(5-2)8-6-7-16-13-10-12(15)14(18(19)20)9-11(13)3/h9-10,16H,4-8H2,1-3H3. The zero-order valence-corrected chi connectivity index (χ0v) is 13.0. The SMILES string of the molecule is CCN(CC)CCCNc1cc(Cl)c([N+](=O)[O-])cc1C. The Bertz CT molecular complexity index is 462. The number of nitrogens with zero attached hydrogens (tertiary/aromatic N) is 2. The summed E-state index contributed by atoms with van der Waals surface area (Å²) in [5.41, 5.74) is 1.65. The van der Waals surface area contributed by atoms with Crippen molar-refractivity contribution >= 4 is 23.0 Å². The van der Waals surface area contributed by atoms with E-state index in [1.54, 1.807) is 6.07 Å². The minimum Gasteiger partial charge on any atom is -0.385 e. The lowest BCUT2D eigenvalue weighted by molar-refractivity contribution is -0.384. The molecule has 112 valence electrons. The van der Waals surface area contributed by atoms with Crippen LogP contribution in [0.3, 0.4) is 0 Å². The fraction of sp³-hybridized carbons (Fsp3) is 0.571. The summed E-state index contributed by atoms with van der Waals surface area (Å²) in [6.07, 6.45) is 1.02. The Morgan fingerprint density at radius 2 is 2.00 bits per heavy atom. The van der Waals surface area contributed by atoms with Crippen molar-refractivity contribution in [2.45, 2.75) is 27.2 Å². The molecule has 0 aliphatic rings. The molecule has 20 heavy (non-hydrogen) atoms. The van der Waals surface area contributed by atoms with Gasteiger partial charge in [0.2, 0.25) is 0 Å². The smallest absolute Gasteiger partial charge is 0.288 e. The molecular formula is C14H22ClN3O2. The highest BCUT2D eigenvalue weighted by Gasteiger charge is 2.14. The van der Waals surface area contributed by atoms with Crippen LogP contribution in [0.15, 0.2) is 12.1 Å². The van der Waals surface area contributed by atoms with Crippen LogP contribution in [0.4, 0.5) is 11.4 Å². The van der Waals surface area contributed by atoms with Crippen molar-refractivity contribution in [3.8, 4) is 0 Å². The molecule has 0 saturated heterocycles. The van der Waals surface area contributed by atoms with Crippen molar-refractivity contribution in [2.24, 2.45) is 0 Å². The molecule has 0 aliphatic heterocycles. The van der Waals surface area contributed by atoms with Gasteiger partial charge >= 0.3 is 0 Å². The van der Waals surface area contributed by atoms with E-state index in [4.69, 9.17) is 11.6 Å². The van der Waals surface area contributed by atoms with E-state index in [-0.39, 0.29) is 10.7 Å². The van der Waals surface area contributed by atoms with Gasteiger partial charge in [-0.05, 0) is 44.6 Å². The minimum absolute atomic E-state index is 0.0437. The number of nitrogens with one attached hydrogen (secondary N) is 1. The number of hydrogen-bond donors (Lipinski definition) is 1. The molecule has 0 atom stereocenters. The molecule has 0 fully saturated rings. The topological polar surface area (TPSA) is 58.4 Å². The molecule has 0 radical (unpaired) electrons. The lowest BCUT2D eigenvalue weighted by Gasteiger charge is -2.18. The normalized spacial score (nSPS) is 10.8. The summed E-state index contributed by atoms with van der Waals surface area (Å²) >= 11 is 5.91. The maximum atomic E-state index is 10.8. The molecule has 6 heteroatoms. The molecule has 0 aliphatic carbocycles. The first-order valence-corrected chi connectivity index (χ1v) is 7.28. The molecule has 1 rings (SSSR count). The first-order valence-electron chi connectivity index (χ1n) is 6.90. The van der Waals surface area contributed by atoms with Gasteiger partial charge in [-0.1, -0.05) is 25.4 Å². The van der Waals surface area contributed by atoms with E-state index >= 15 is 0 Å². The van der Waals surface area contributed by atoms with Crippen LogP contribution in [0.25, 0.3) is 0 Å². The number of benzene rings is 1. The average molecular weight is 300 g/mol. The van der Waals surface area contributed by atoms with Gasteiger partial charge < -0.3 is 10.2 Å². The van der Waals surface area contributed by atoms with Crippen LogP contribution in [0, 0.1) is 17.0 Å². The third-order valence-electron chi connectivity index (χ3n) is 3.35. The maximum Gasteiger partial charge on any atom is 0.288 e. The summed E-state index contributed by atoms with van der Waals surface area (Å²) in [4.78, 5) is 12.7. The molecular weight excluding hydrogens is 278 g/mol. The highest BCUT2D eigenvalue weighted by molar-refractivity contribution is 6.33. The molecule has 1 N–H and O–H groups in total. The van der Waals surface area contributed by atoms with Crippen LogP contribution >= 0.6 is 11.6 Å². The van der Waals surface area contributed by atoms with Gasteiger partial charge in [0.25, 0.3) is 5.69 Å². The fourth-order valence-electron chi connectivity index (χ4n) is 2.06. The Hall–Kier alpha value is -1.33. The predicted octanol–water partition coefficient (Wildman–Crippen LogP) is 3.70. The predicted molar refractivity (Wildman–Crippen MR) is 83.7 cm³/mol. The van der Waals surface area contributed by atoms with Crippen LogP contribution in [0.2, 0.25) is 5.02 Å². The second kappa shape index (κ2) is 8.07. The molecule has 1 aromatic rings. The molecule has 1 aromatic carbocycles. The second-order valence-electron chi connectivity index (χ2n) is 4.68. The van der Waals surface area contributed by atoms with Gasteiger partial charge in [-0.2, -0.15) is 0 Å². The first-order chi connectivity index (χ1) is 9.49. The number of aryl methyl sites for hydroxylation is 1. The molecule has 0 spiro atoms. The lowest BCUT2D eigenvalue weighted by atomic mass is 10.1. The number of nitro groups is 1. The Kier molecular flexibility index (Phi) is 6.75. The third kappa shape index (κ3) is 4.65. The van der Waals surface area contributed by atoms with Gasteiger partial charge in [0, 0.05) is 18.3 Å². The number of hydrogen-bond acceptors (Lipinski definition) is 4. The Morgan fingerprint density at radius 3 is 2.55 bits per heavy atom. The molecule has 0 heterocycles. The van der Waals surface area contributed by atoms with Gasteiger partial charge in [-0.25, -0.2) is 0 Å². The van der Waals surface area contributed by atoms with E-state index in [1.807, 2.05) is 6.92 Å². The quantitative estimate of drug-likeness (QED) is 0.452. The van der Waals surface area contributed by atoms with Gasteiger partial charge in [-0.15, -0.1) is 0 Å². The summed E-state index contributed by atoms with van der Waals surface area (Å²) in [6.45, 7) is 10.1. The van der Waals surface area contributed by atoms with E-state index in [0.717, 1.165) is 43.9 Å². The largest absolute Gasteiger partial charge is 0.385 e. The minimum atomic E-state index is -0.459. The van der Waals surface area contributed by atoms with Crippen molar-refractivity contribution in [3.05, 3.63) is 32.8 Å². The molecule has 5 nitrogen and oxygen atoms in total. The number of rotatable bonds is 8. The number of nitro benzene ring substituents is 1. The van der Waals surface area contributed by atoms with E-state index in [0.29, 0.717) is 0 Å². The lowest BCUT2D eigenvalue weighted by Crippen LogP contribution is -2.25. The highest BCUT2D eigenvalue weighted by atomic mass is 35.5. The van der Waals surface area contributed by atoms with Crippen molar-refractivity contribution in [1.82, 2.24) is 4.90 Å². The zero-order valence-electron chi connectivity index (χ0n) is 12.3. The molecule has 0 saturated carbocycles. The van der Waals surface area contributed by atoms with Crippen molar-refractivity contribution < 1.29 is 4.92 Å². The van der Waals surface area contributed by atoms with Crippen molar-refractivity contribution in [3.63, 3.8) is 0 Å². The molecule has 0 amide bonds. The van der Waals surface area contributed by atoms with Gasteiger partial charge in [0.15, 0.2) is 0 Å². The number of halogens is 1. The first kappa shape index (κ1) is 16.7. The highest BCUT2D eigenvalue weighted by Crippen LogP contribution is 2.30. The molecule has 0 bridgehead atoms. The Balaban J connectivity index is 2.57. The second-order valence-corrected chi connectivity index (χ2v) is 5.09. The van der Waals surface area contributed by atoms with Gasteiger partial charge in [0.05, 0.1) is 4.92 Å². The summed E-state index contributed by atoms with van der Waals surface area (Å²) in [5, 5.41) is 14.2. The van der Waals surface area contributed by atoms with Crippen LogP contribution in [0.5, 0.6) is 0 Å². The molecule has 0 aromatic heterocycles. The van der Waals surface area contributed by atoms with Crippen molar-refractivity contribution in [1.29, 1.82) is 0 Å². The van der Waals surface area contributed by atoms with Gasteiger partial charge in [0.1, 0.15) is 5.02 Å². The Labute approximate surface area is 125 Å². The van der Waals surface area contributed by atoms with Crippen LogP contribution in [-0.2, 0) is 0 Å². The average Bonchev–Trinajstić information content (AvgIpc) is 2.41. The number of anilines is 1. The summed E-state index contributed by atoms with van der Waals surface area (Å²) < 4.78 is 0. The summed E-state index contributed by atoms with van der Waals surface area (Å²) in [5.74, 6) is 0. The summed E-state index contributed by atoms with van der Waals surface area (Å²) in [7, 11) is 0.